The molecular formula is C19H23N3O2. The Labute approximate surface area is 142 Å². The summed E-state index contributed by atoms with van der Waals surface area (Å²) >= 11 is 0. The third-order valence-electron chi connectivity index (χ3n) is 4.28. The molecule has 3 rings (SSSR count). The zero-order chi connectivity index (χ0) is 16.9. The molecule has 0 fully saturated rings. The van der Waals surface area contributed by atoms with E-state index in [9.17, 15) is 9.90 Å². The quantitative estimate of drug-likeness (QED) is 0.791. The number of carbonyl (C=O) groups excluding carboxylic acids is 1. The molecule has 24 heavy (non-hydrogen) atoms. The molecule has 0 aromatic heterocycles. The summed E-state index contributed by atoms with van der Waals surface area (Å²) in [5.74, 6) is 0. The van der Waals surface area contributed by atoms with Gasteiger partial charge in [0, 0.05) is 37.9 Å². The normalized spacial score (nSPS) is 14.2. The third-order valence-corrected chi connectivity index (χ3v) is 4.28. The second kappa shape index (κ2) is 7.36. The van der Waals surface area contributed by atoms with Gasteiger partial charge in [0.05, 0.1) is 6.10 Å². The van der Waals surface area contributed by atoms with Crippen LogP contribution >= 0.6 is 0 Å². The monoisotopic (exact) mass is 325 g/mol. The summed E-state index contributed by atoms with van der Waals surface area (Å²) in [6.07, 6.45) is 0.957. The van der Waals surface area contributed by atoms with Crippen molar-refractivity contribution < 1.29 is 9.90 Å². The molecule has 0 spiro atoms. The van der Waals surface area contributed by atoms with Crippen molar-refractivity contribution >= 4 is 17.4 Å². The van der Waals surface area contributed by atoms with Gasteiger partial charge in [-0.05, 0) is 29.7 Å². The molecule has 2 amide bonds. The number of fused-ring (bicyclic) bond motifs is 1. The molecule has 2 aromatic carbocycles. The number of amides is 2. The Hall–Kier alpha value is -2.53. The van der Waals surface area contributed by atoms with Crippen LogP contribution in [0.3, 0.4) is 0 Å². The Balaban J connectivity index is 1.48. The highest BCUT2D eigenvalue weighted by atomic mass is 16.3. The molecule has 0 saturated heterocycles. The van der Waals surface area contributed by atoms with Crippen LogP contribution in [0.15, 0.2) is 48.5 Å². The van der Waals surface area contributed by atoms with Crippen molar-refractivity contribution in [3.63, 3.8) is 0 Å². The number of hydrogen-bond donors (Lipinski definition) is 3. The standard InChI is InChI=1S/C19H23N3O2/c1-22-10-9-15-7-8-16(12-18(15)22)21-19(24)20-13-17(23)11-14-5-3-2-4-6-14/h2-8,12,17,23H,9-11,13H2,1H3,(H2,20,21,24). The van der Waals surface area contributed by atoms with Gasteiger partial charge in [-0.3, -0.25) is 0 Å². The highest BCUT2D eigenvalue weighted by Gasteiger charge is 2.16. The first-order valence-electron chi connectivity index (χ1n) is 8.23. The molecule has 0 bridgehead atoms. The van der Waals surface area contributed by atoms with Crippen molar-refractivity contribution in [3.8, 4) is 0 Å². The van der Waals surface area contributed by atoms with Crippen LogP contribution in [-0.2, 0) is 12.8 Å². The summed E-state index contributed by atoms with van der Waals surface area (Å²) in [5.41, 5.74) is 4.28. The molecular weight excluding hydrogens is 302 g/mol. The minimum Gasteiger partial charge on any atom is -0.391 e. The van der Waals surface area contributed by atoms with Crippen LogP contribution in [0, 0.1) is 0 Å². The van der Waals surface area contributed by atoms with Crippen LogP contribution in [0.5, 0.6) is 0 Å². The van der Waals surface area contributed by atoms with E-state index >= 15 is 0 Å². The van der Waals surface area contributed by atoms with Crippen LogP contribution < -0.4 is 15.5 Å². The van der Waals surface area contributed by atoms with E-state index < -0.39 is 6.10 Å². The van der Waals surface area contributed by atoms with Crippen LogP contribution in [0.25, 0.3) is 0 Å². The van der Waals surface area contributed by atoms with Gasteiger partial charge in [0.25, 0.3) is 0 Å². The third kappa shape index (κ3) is 4.06. The zero-order valence-electron chi connectivity index (χ0n) is 13.8. The number of carbonyl (C=O) groups is 1. The number of benzene rings is 2. The van der Waals surface area contributed by atoms with Crippen LogP contribution in [0.1, 0.15) is 11.1 Å². The van der Waals surface area contributed by atoms with E-state index in [1.807, 2.05) is 42.5 Å². The molecule has 1 heterocycles. The van der Waals surface area contributed by atoms with E-state index in [1.165, 1.54) is 5.56 Å². The Morgan fingerprint density at radius 3 is 2.83 bits per heavy atom. The van der Waals surface area contributed by atoms with Crippen molar-refractivity contribution in [3.05, 3.63) is 59.7 Å². The van der Waals surface area contributed by atoms with Crippen molar-refractivity contribution in [1.82, 2.24) is 5.32 Å². The van der Waals surface area contributed by atoms with Crippen molar-refractivity contribution in [2.24, 2.45) is 0 Å². The van der Waals surface area contributed by atoms with Gasteiger partial charge in [-0.15, -0.1) is 0 Å². The van der Waals surface area contributed by atoms with Crippen LogP contribution in [0.2, 0.25) is 0 Å². The molecule has 0 radical (unpaired) electrons. The van der Waals surface area contributed by atoms with Gasteiger partial charge >= 0.3 is 6.03 Å². The molecule has 1 aliphatic heterocycles. The fourth-order valence-corrected chi connectivity index (χ4v) is 2.96. The Kier molecular flexibility index (Phi) is 5.01. The average Bonchev–Trinajstić information content (AvgIpc) is 2.95. The number of likely N-dealkylation sites (N-methyl/N-ethyl adjacent to an activating group) is 1. The number of urea groups is 1. The van der Waals surface area contributed by atoms with Crippen molar-refractivity contribution in [1.29, 1.82) is 0 Å². The smallest absolute Gasteiger partial charge is 0.319 e. The minimum atomic E-state index is -0.607. The van der Waals surface area contributed by atoms with Gasteiger partial charge in [-0.2, -0.15) is 0 Å². The van der Waals surface area contributed by atoms with E-state index in [0.29, 0.717) is 6.42 Å². The van der Waals surface area contributed by atoms with Crippen molar-refractivity contribution in [2.75, 3.05) is 30.4 Å². The van der Waals surface area contributed by atoms with E-state index in [1.54, 1.807) is 0 Å². The lowest BCUT2D eigenvalue weighted by atomic mass is 10.1. The number of hydrogen-bond acceptors (Lipinski definition) is 3. The molecule has 5 heteroatoms. The van der Waals surface area contributed by atoms with Crippen molar-refractivity contribution in [2.45, 2.75) is 18.9 Å². The topological polar surface area (TPSA) is 64.6 Å². The summed E-state index contributed by atoms with van der Waals surface area (Å²) in [6, 6.07) is 15.4. The second-order valence-electron chi connectivity index (χ2n) is 6.19. The molecule has 3 N–H and O–H groups in total. The first-order chi connectivity index (χ1) is 11.6. The number of aliphatic hydroxyl groups is 1. The molecule has 0 saturated carbocycles. The first-order valence-corrected chi connectivity index (χ1v) is 8.23. The molecule has 126 valence electrons. The molecule has 1 atom stereocenters. The van der Waals surface area contributed by atoms with Gasteiger partial charge in [0.1, 0.15) is 0 Å². The fourth-order valence-electron chi connectivity index (χ4n) is 2.96. The van der Waals surface area contributed by atoms with E-state index in [0.717, 1.165) is 29.9 Å². The van der Waals surface area contributed by atoms with Gasteiger partial charge in [0.15, 0.2) is 0 Å². The van der Waals surface area contributed by atoms with Gasteiger partial charge in [0.2, 0.25) is 0 Å². The number of nitrogens with zero attached hydrogens (tertiary/aromatic N) is 1. The molecule has 2 aromatic rings. The second-order valence-corrected chi connectivity index (χ2v) is 6.19. The van der Waals surface area contributed by atoms with Gasteiger partial charge in [-0.25, -0.2) is 4.79 Å². The first kappa shape index (κ1) is 16.3. The van der Waals surface area contributed by atoms with E-state index in [4.69, 9.17) is 0 Å². The maximum Gasteiger partial charge on any atom is 0.319 e. The lowest BCUT2D eigenvalue weighted by molar-refractivity contribution is 0.172. The van der Waals surface area contributed by atoms with Gasteiger partial charge in [-0.1, -0.05) is 36.4 Å². The maximum absolute atomic E-state index is 12.0. The summed E-state index contributed by atoms with van der Waals surface area (Å²) < 4.78 is 0. The lowest BCUT2D eigenvalue weighted by Gasteiger charge is -2.15. The number of aliphatic hydroxyl groups excluding tert-OH is 1. The summed E-state index contributed by atoms with van der Waals surface area (Å²) in [6.45, 7) is 1.22. The van der Waals surface area contributed by atoms with Gasteiger partial charge < -0.3 is 20.6 Å². The number of rotatable bonds is 5. The maximum atomic E-state index is 12.0. The summed E-state index contributed by atoms with van der Waals surface area (Å²) in [7, 11) is 2.05. The van der Waals surface area contributed by atoms with E-state index in [-0.39, 0.29) is 12.6 Å². The Morgan fingerprint density at radius 2 is 2.04 bits per heavy atom. The Bertz CT molecular complexity index is 703. The Morgan fingerprint density at radius 1 is 1.25 bits per heavy atom. The minimum absolute atomic E-state index is 0.214. The predicted octanol–water partition coefficient (Wildman–Crippen LogP) is 2.40. The zero-order valence-corrected chi connectivity index (χ0v) is 13.8. The SMILES string of the molecule is CN1CCc2ccc(NC(=O)NCC(O)Cc3ccccc3)cc21. The lowest BCUT2D eigenvalue weighted by Crippen LogP contribution is -2.36. The highest BCUT2D eigenvalue weighted by Crippen LogP contribution is 2.29. The summed E-state index contributed by atoms with van der Waals surface area (Å²) in [4.78, 5) is 14.2. The van der Waals surface area contributed by atoms with E-state index in [2.05, 4.69) is 28.6 Å². The number of nitrogens with one attached hydrogen (secondary N) is 2. The molecule has 1 unspecified atom stereocenters. The molecule has 5 nitrogen and oxygen atoms in total. The largest absolute Gasteiger partial charge is 0.391 e. The molecule has 1 aliphatic rings. The van der Waals surface area contributed by atoms with Crippen LogP contribution in [0.4, 0.5) is 16.2 Å². The fraction of sp³-hybridized carbons (Fsp3) is 0.316. The average molecular weight is 325 g/mol. The summed E-state index contributed by atoms with van der Waals surface area (Å²) in [5, 5.41) is 15.6. The predicted molar refractivity (Wildman–Crippen MR) is 96.6 cm³/mol. The number of anilines is 2. The highest BCUT2D eigenvalue weighted by molar-refractivity contribution is 5.90. The van der Waals surface area contributed by atoms with Crippen LogP contribution in [-0.4, -0.2) is 37.4 Å². The molecule has 0 aliphatic carbocycles.